The topological polar surface area (TPSA) is 75.7 Å². The summed E-state index contributed by atoms with van der Waals surface area (Å²) in [5, 5.41) is 3.98. The van der Waals surface area contributed by atoms with Crippen LogP contribution in [0.1, 0.15) is 32.1 Å². The zero-order chi connectivity index (χ0) is 19.4. The van der Waals surface area contributed by atoms with Crippen molar-refractivity contribution in [3.05, 3.63) is 23.2 Å². The van der Waals surface area contributed by atoms with E-state index in [2.05, 4.69) is 5.32 Å². The lowest BCUT2D eigenvalue weighted by atomic mass is 10.0. The van der Waals surface area contributed by atoms with Crippen molar-refractivity contribution in [3.63, 3.8) is 0 Å². The highest BCUT2D eigenvalue weighted by Crippen LogP contribution is 2.37. The van der Waals surface area contributed by atoms with Crippen LogP contribution in [-0.4, -0.2) is 50.8 Å². The minimum atomic E-state index is -3.55. The van der Waals surface area contributed by atoms with Crippen molar-refractivity contribution in [1.82, 2.24) is 5.32 Å². The number of nitrogens with one attached hydrogen (secondary N) is 1. The maximum atomic E-state index is 12.5. The number of rotatable bonds is 6. The van der Waals surface area contributed by atoms with Crippen molar-refractivity contribution in [1.29, 1.82) is 0 Å². The van der Waals surface area contributed by atoms with E-state index < -0.39 is 16.1 Å². The molecule has 6 nitrogen and oxygen atoms in total. The number of nitrogens with zero attached hydrogens (tertiary/aromatic N) is 1. The van der Waals surface area contributed by atoms with Gasteiger partial charge in [0.15, 0.2) is 6.10 Å². The number of hydrogen-bond acceptors (Lipinski definition) is 5. The van der Waals surface area contributed by atoms with Gasteiger partial charge in [-0.2, -0.15) is 11.8 Å². The van der Waals surface area contributed by atoms with E-state index in [1.165, 1.54) is 42.5 Å². The molecule has 0 radical (unpaired) electrons. The number of ether oxygens (including phenoxy) is 1. The molecule has 1 amide bonds. The van der Waals surface area contributed by atoms with Gasteiger partial charge >= 0.3 is 0 Å². The van der Waals surface area contributed by atoms with E-state index in [-0.39, 0.29) is 12.5 Å². The van der Waals surface area contributed by atoms with Crippen molar-refractivity contribution in [2.24, 2.45) is 0 Å². The molecule has 2 aliphatic rings. The van der Waals surface area contributed by atoms with Crippen LogP contribution in [0, 0.1) is 0 Å². The smallest absolute Gasteiger partial charge is 0.263 e. The molecule has 0 aromatic heterocycles. The van der Waals surface area contributed by atoms with Gasteiger partial charge in [-0.3, -0.25) is 9.10 Å². The summed E-state index contributed by atoms with van der Waals surface area (Å²) >= 11 is 7.89. The minimum Gasteiger partial charge on any atom is -0.476 e. The summed E-state index contributed by atoms with van der Waals surface area (Å²) in [6, 6.07) is 4.74. The molecule has 27 heavy (non-hydrogen) atoms. The molecule has 1 atom stereocenters. The van der Waals surface area contributed by atoms with Crippen molar-refractivity contribution in [2.75, 3.05) is 29.4 Å². The van der Waals surface area contributed by atoms with Crippen LogP contribution in [0.4, 0.5) is 5.69 Å². The quantitative estimate of drug-likeness (QED) is 0.699. The first-order valence-electron chi connectivity index (χ1n) is 9.18. The van der Waals surface area contributed by atoms with E-state index in [1.54, 1.807) is 12.1 Å². The van der Waals surface area contributed by atoms with Crippen molar-refractivity contribution < 1.29 is 17.9 Å². The molecule has 1 aliphatic carbocycles. The van der Waals surface area contributed by atoms with Gasteiger partial charge < -0.3 is 10.1 Å². The third-order valence-corrected chi connectivity index (χ3v) is 7.55. The monoisotopic (exact) mass is 432 g/mol. The minimum absolute atomic E-state index is 0.0617. The first-order valence-corrected chi connectivity index (χ1v) is 12.5. The number of hydrogen-bond donors (Lipinski definition) is 1. The van der Waals surface area contributed by atoms with Gasteiger partial charge in [-0.15, -0.1) is 0 Å². The standard InChI is InChI=1S/C18H25ClN2O4S2/c1-27(23,24)21-12-17(25-16-8-7-13(19)11-15(16)21)18(22)20-9-10-26-14-5-3-2-4-6-14/h7-8,11,14,17H,2-6,9-10,12H2,1H3,(H,20,22)/t17-/m1/s1. The van der Waals surface area contributed by atoms with E-state index in [0.717, 1.165) is 12.0 Å². The summed E-state index contributed by atoms with van der Waals surface area (Å²) in [7, 11) is -3.55. The zero-order valence-corrected chi connectivity index (χ0v) is 17.7. The lowest BCUT2D eigenvalue weighted by Crippen LogP contribution is -2.50. The molecule has 1 fully saturated rings. The Labute approximate surface area is 170 Å². The normalized spacial score (nSPS) is 20.7. The van der Waals surface area contributed by atoms with Crippen molar-refractivity contribution >= 4 is 45.0 Å². The van der Waals surface area contributed by atoms with E-state index in [4.69, 9.17) is 16.3 Å². The Balaban J connectivity index is 1.58. The number of amides is 1. The molecule has 9 heteroatoms. The summed E-state index contributed by atoms with van der Waals surface area (Å²) in [4.78, 5) is 12.5. The van der Waals surface area contributed by atoms with Crippen LogP contribution in [0.15, 0.2) is 18.2 Å². The molecule has 0 unspecified atom stereocenters. The number of sulfonamides is 1. The number of carbonyl (C=O) groups excluding carboxylic acids is 1. The first-order chi connectivity index (χ1) is 12.8. The Kier molecular flexibility index (Phi) is 6.81. The van der Waals surface area contributed by atoms with E-state index in [0.29, 0.717) is 28.3 Å². The molecule has 150 valence electrons. The van der Waals surface area contributed by atoms with Crippen LogP contribution in [0.2, 0.25) is 5.02 Å². The van der Waals surface area contributed by atoms with Gasteiger partial charge in [0, 0.05) is 22.6 Å². The van der Waals surface area contributed by atoms with E-state index in [9.17, 15) is 13.2 Å². The van der Waals surface area contributed by atoms with Crippen molar-refractivity contribution in [2.45, 2.75) is 43.5 Å². The Morgan fingerprint density at radius 1 is 1.33 bits per heavy atom. The molecule has 1 aromatic carbocycles. The van der Waals surface area contributed by atoms with Crippen LogP contribution in [0.5, 0.6) is 5.75 Å². The van der Waals surface area contributed by atoms with Gasteiger partial charge in [0.1, 0.15) is 5.75 Å². The number of carbonyl (C=O) groups is 1. The van der Waals surface area contributed by atoms with E-state index >= 15 is 0 Å². The Bertz CT molecular complexity index is 782. The SMILES string of the molecule is CS(=O)(=O)N1C[C@H](C(=O)NCCSC2CCCCC2)Oc2ccc(Cl)cc21. The lowest BCUT2D eigenvalue weighted by molar-refractivity contribution is -0.127. The highest BCUT2D eigenvalue weighted by Gasteiger charge is 2.35. The van der Waals surface area contributed by atoms with Crippen LogP contribution in [0.25, 0.3) is 0 Å². The summed E-state index contributed by atoms with van der Waals surface area (Å²) in [5.74, 6) is 0.895. The third-order valence-electron chi connectivity index (χ3n) is 4.79. The third kappa shape index (κ3) is 5.45. The van der Waals surface area contributed by atoms with Gasteiger partial charge in [-0.05, 0) is 31.0 Å². The van der Waals surface area contributed by atoms with Gasteiger partial charge in [0.05, 0.1) is 18.5 Å². The molecular weight excluding hydrogens is 408 g/mol. The Morgan fingerprint density at radius 2 is 2.07 bits per heavy atom. The second kappa shape index (κ2) is 8.92. The highest BCUT2D eigenvalue weighted by molar-refractivity contribution is 7.99. The average molecular weight is 433 g/mol. The van der Waals surface area contributed by atoms with Crippen LogP contribution >= 0.6 is 23.4 Å². The molecular formula is C18H25ClN2O4S2. The molecule has 1 aliphatic heterocycles. The number of thioether (sulfide) groups is 1. The number of halogens is 1. The molecule has 0 saturated heterocycles. The summed E-state index contributed by atoms with van der Waals surface area (Å²) in [5.41, 5.74) is 0.363. The van der Waals surface area contributed by atoms with Gasteiger partial charge in [0.2, 0.25) is 10.0 Å². The summed E-state index contributed by atoms with van der Waals surface area (Å²) in [6.45, 7) is 0.486. The fourth-order valence-corrected chi connectivity index (χ4v) is 5.71. The van der Waals surface area contributed by atoms with Crippen molar-refractivity contribution in [3.8, 4) is 5.75 Å². The van der Waals surface area contributed by atoms with Gasteiger partial charge in [-0.1, -0.05) is 30.9 Å². The van der Waals surface area contributed by atoms with Gasteiger partial charge in [-0.25, -0.2) is 8.42 Å². The largest absolute Gasteiger partial charge is 0.476 e. The fourth-order valence-electron chi connectivity index (χ4n) is 3.42. The molecule has 1 heterocycles. The molecule has 0 bridgehead atoms. The predicted octanol–water partition coefficient (Wildman–Crippen LogP) is 3.05. The summed E-state index contributed by atoms with van der Waals surface area (Å²) < 4.78 is 31.2. The van der Waals surface area contributed by atoms with E-state index in [1.807, 2.05) is 11.8 Å². The average Bonchev–Trinajstić information content (AvgIpc) is 2.64. The molecule has 1 N–H and O–H groups in total. The van der Waals surface area contributed by atoms with Crippen LogP contribution < -0.4 is 14.4 Å². The highest BCUT2D eigenvalue weighted by atomic mass is 35.5. The lowest BCUT2D eigenvalue weighted by Gasteiger charge is -2.34. The Hall–Kier alpha value is -1.12. The number of anilines is 1. The molecule has 3 rings (SSSR count). The number of benzene rings is 1. The zero-order valence-electron chi connectivity index (χ0n) is 15.3. The molecule has 1 aromatic rings. The van der Waals surface area contributed by atoms with Crippen LogP contribution in [-0.2, 0) is 14.8 Å². The van der Waals surface area contributed by atoms with Crippen LogP contribution in [0.3, 0.4) is 0 Å². The summed E-state index contributed by atoms with van der Waals surface area (Å²) in [6.07, 6.45) is 6.66. The number of fused-ring (bicyclic) bond motifs is 1. The second-order valence-electron chi connectivity index (χ2n) is 6.93. The van der Waals surface area contributed by atoms with Gasteiger partial charge in [0.25, 0.3) is 5.91 Å². The molecule has 0 spiro atoms. The second-order valence-corrected chi connectivity index (χ2v) is 10.7. The fraction of sp³-hybridized carbons (Fsp3) is 0.611. The Morgan fingerprint density at radius 3 is 2.78 bits per heavy atom. The molecule has 1 saturated carbocycles. The maximum absolute atomic E-state index is 12.5. The predicted molar refractivity (Wildman–Crippen MR) is 110 cm³/mol. The first kappa shape index (κ1) is 20.6. The maximum Gasteiger partial charge on any atom is 0.263 e.